The van der Waals surface area contributed by atoms with E-state index in [1.807, 2.05) is 0 Å². The van der Waals surface area contributed by atoms with Crippen LogP contribution < -0.4 is 0 Å². The highest BCUT2D eigenvalue weighted by molar-refractivity contribution is 5.18. The molecule has 1 aromatic rings. The molecule has 1 aromatic carbocycles. The van der Waals surface area contributed by atoms with Gasteiger partial charge >= 0.3 is 0 Å². The van der Waals surface area contributed by atoms with Crippen LogP contribution in [-0.4, -0.2) is 11.7 Å². The van der Waals surface area contributed by atoms with Crippen LogP contribution in [0.15, 0.2) is 24.3 Å². The maximum absolute atomic E-state index is 12.6. The Hall–Kier alpha value is -0.930. The second kappa shape index (κ2) is 4.18. The summed E-state index contributed by atoms with van der Waals surface area (Å²) in [6.07, 6.45) is -0.894. The summed E-state index contributed by atoms with van der Waals surface area (Å²) >= 11 is 0. The Labute approximate surface area is 70.3 Å². The number of aliphatic hydroxyl groups is 1. The Morgan fingerprint density at radius 1 is 1.50 bits per heavy atom. The van der Waals surface area contributed by atoms with Crippen molar-refractivity contribution >= 4 is 0 Å². The summed E-state index contributed by atoms with van der Waals surface area (Å²) in [5.74, 6) is -0.411. The van der Waals surface area contributed by atoms with Crippen molar-refractivity contribution in [3.63, 3.8) is 0 Å². The molecule has 2 nitrogen and oxygen atoms in total. The molecule has 0 fully saturated rings. The second-order valence-corrected chi connectivity index (χ2v) is 2.56. The van der Waals surface area contributed by atoms with Gasteiger partial charge in [-0.3, -0.25) is 0 Å². The van der Waals surface area contributed by atoms with Crippen molar-refractivity contribution in [2.45, 2.75) is 12.5 Å². The number of hydrogen-bond donors (Lipinski definition) is 1. The van der Waals surface area contributed by atoms with Gasteiger partial charge in [0, 0.05) is 13.0 Å². The average molecular weight is 169 g/mol. The molecule has 1 radical (unpaired) electrons. The van der Waals surface area contributed by atoms with Crippen LogP contribution in [0.25, 0.3) is 0 Å². The van der Waals surface area contributed by atoms with Crippen LogP contribution in [0, 0.1) is 5.82 Å². The summed E-state index contributed by atoms with van der Waals surface area (Å²) in [5.41, 5.74) is 0.393. The molecule has 0 spiro atoms. The van der Waals surface area contributed by atoms with Gasteiger partial charge in [0.2, 0.25) is 0 Å². The lowest BCUT2D eigenvalue weighted by Crippen LogP contribution is -1.98. The van der Waals surface area contributed by atoms with Crippen LogP contribution in [0.5, 0.6) is 0 Å². The smallest absolute Gasteiger partial charge is 0.123 e. The predicted molar refractivity (Wildman–Crippen MR) is 41.5 cm³/mol. The van der Waals surface area contributed by atoms with E-state index < -0.39 is 11.9 Å². The van der Waals surface area contributed by atoms with Crippen molar-refractivity contribution < 1.29 is 14.6 Å². The van der Waals surface area contributed by atoms with Gasteiger partial charge in [-0.05, 0) is 17.7 Å². The minimum absolute atomic E-state index is 0.128. The zero-order valence-corrected chi connectivity index (χ0v) is 6.53. The summed E-state index contributed by atoms with van der Waals surface area (Å²) in [5, 5.41) is 19.6. The maximum Gasteiger partial charge on any atom is 0.123 e. The van der Waals surface area contributed by atoms with Crippen LogP contribution >= 0.6 is 0 Å². The van der Waals surface area contributed by atoms with Crippen molar-refractivity contribution in [2.24, 2.45) is 0 Å². The van der Waals surface area contributed by atoms with E-state index in [-0.39, 0.29) is 13.0 Å². The predicted octanol–water partition coefficient (Wildman–Crippen LogP) is 1.68. The molecule has 1 N–H and O–H groups in total. The van der Waals surface area contributed by atoms with Crippen LogP contribution in [0.2, 0.25) is 0 Å². The Morgan fingerprint density at radius 2 is 2.25 bits per heavy atom. The molecule has 0 saturated carbocycles. The Bertz CT molecular complexity index is 250. The number of benzene rings is 1. The molecular formula is C9H10FO2. The molecule has 0 aliphatic rings. The first-order chi connectivity index (χ1) is 5.74. The molecule has 1 unspecified atom stereocenters. The minimum atomic E-state index is -1.02. The highest BCUT2D eigenvalue weighted by Crippen LogP contribution is 2.17. The zero-order chi connectivity index (χ0) is 8.97. The number of halogens is 1. The van der Waals surface area contributed by atoms with Crippen molar-refractivity contribution in [3.8, 4) is 0 Å². The maximum atomic E-state index is 12.6. The summed E-state index contributed by atoms with van der Waals surface area (Å²) < 4.78 is 12.6. The highest BCUT2D eigenvalue weighted by atomic mass is 19.1. The van der Waals surface area contributed by atoms with Gasteiger partial charge in [-0.25, -0.2) is 9.50 Å². The molecule has 65 valence electrons. The molecule has 0 aliphatic carbocycles. The molecule has 0 saturated heterocycles. The molecular weight excluding hydrogens is 159 g/mol. The van der Waals surface area contributed by atoms with Gasteiger partial charge in [-0.2, -0.15) is 0 Å². The van der Waals surface area contributed by atoms with E-state index in [0.29, 0.717) is 5.56 Å². The molecule has 3 heteroatoms. The van der Waals surface area contributed by atoms with Crippen LogP contribution in [0.3, 0.4) is 0 Å². The van der Waals surface area contributed by atoms with Gasteiger partial charge < -0.3 is 5.11 Å². The van der Waals surface area contributed by atoms with Gasteiger partial charge in [0.25, 0.3) is 0 Å². The standard InChI is InChI=1S/C9H10FO2/c10-8-3-1-2-7(6-8)9(12)4-5-11/h1-3,6,9,11H,4-5H2. The van der Waals surface area contributed by atoms with Gasteiger partial charge in [0.1, 0.15) is 11.9 Å². The van der Waals surface area contributed by atoms with Crippen molar-refractivity contribution in [1.82, 2.24) is 0 Å². The zero-order valence-electron chi connectivity index (χ0n) is 6.53. The third-order valence-corrected chi connectivity index (χ3v) is 1.61. The SMILES string of the molecule is [O]C(CCO)c1cccc(F)c1. The summed E-state index contributed by atoms with van der Waals surface area (Å²) in [6.45, 7) is -0.162. The molecule has 1 atom stereocenters. The van der Waals surface area contributed by atoms with Gasteiger partial charge in [0.15, 0.2) is 0 Å². The van der Waals surface area contributed by atoms with E-state index >= 15 is 0 Å². The Kier molecular flexibility index (Phi) is 3.19. The van der Waals surface area contributed by atoms with Crippen LogP contribution in [0.4, 0.5) is 4.39 Å². The average Bonchev–Trinajstić information content (AvgIpc) is 2.05. The van der Waals surface area contributed by atoms with Crippen LogP contribution in [-0.2, 0) is 5.11 Å². The van der Waals surface area contributed by atoms with E-state index in [4.69, 9.17) is 5.11 Å². The number of hydrogen-bond acceptors (Lipinski definition) is 1. The van der Waals surface area contributed by atoms with Crippen molar-refractivity contribution in [3.05, 3.63) is 35.6 Å². The van der Waals surface area contributed by atoms with E-state index in [9.17, 15) is 9.50 Å². The summed E-state index contributed by atoms with van der Waals surface area (Å²) in [6, 6.07) is 5.55. The van der Waals surface area contributed by atoms with E-state index in [1.165, 1.54) is 18.2 Å². The quantitative estimate of drug-likeness (QED) is 0.734. The summed E-state index contributed by atoms with van der Waals surface area (Å²) in [7, 11) is 0. The lowest BCUT2D eigenvalue weighted by atomic mass is 10.1. The molecule has 0 bridgehead atoms. The molecule has 0 aliphatic heterocycles. The number of aliphatic hydroxyl groups excluding tert-OH is 1. The topological polar surface area (TPSA) is 40.1 Å². The molecule has 0 aromatic heterocycles. The van der Waals surface area contributed by atoms with Crippen LogP contribution in [0.1, 0.15) is 18.1 Å². The van der Waals surface area contributed by atoms with Crippen molar-refractivity contribution in [2.75, 3.05) is 6.61 Å². The fourth-order valence-corrected chi connectivity index (χ4v) is 0.991. The largest absolute Gasteiger partial charge is 0.396 e. The first kappa shape index (κ1) is 9.16. The fourth-order valence-electron chi connectivity index (χ4n) is 0.991. The summed E-state index contributed by atoms with van der Waals surface area (Å²) in [4.78, 5) is 0. The monoisotopic (exact) mass is 169 g/mol. The molecule has 1 rings (SSSR count). The lowest BCUT2D eigenvalue weighted by Gasteiger charge is -2.05. The highest BCUT2D eigenvalue weighted by Gasteiger charge is 2.08. The fraction of sp³-hybridized carbons (Fsp3) is 0.333. The number of rotatable bonds is 3. The third-order valence-electron chi connectivity index (χ3n) is 1.61. The second-order valence-electron chi connectivity index (χ2n) is 2.56. The first-order valence-electron chi connectivity index (χ1n) is 3.76. The third kappa shape index (κ3) is 2.29. The Balaban J connectivity index is 2.73. The van der Waals surface area contributed by atoms with Gasteiger partial charge in [0.05, 0.1) is 0 Å². The van der Waals surface area contributed by atoms with E-state index in [2.05, 4.69) is 0 Å². The van der Waals surface area contributed by atoms with Gasteiger partial charge in [-0.15, -0.1) is 0 Å². The normalized spacial score (nSPS) is 12.9. The van der Waals surface area contributed by atoms with Crippen molar-refractivity contribution in [1.29, 1.82) is 0 Å². The lowest BCUT2D eigenvalue weighted by molar-refractivity contribution is 0.0634. The molecule has 0 heterocycles. The first-order valence-corrected chi connectivity index (χ1v) is 3.76. The van der Waals surface area contributed by atoms with Gasteiger partial charge in [-0.1, -0.05) is 12.1 Å². The Morgan fingerprint density at radius 3 is 2.83 bits per heavy atom. The molecule has 0 amide bonds. The van der Waals surface area contributed by atoms with E-state index in [0.717, 1.165) is 0 Å². The van der Waals surface area contributed by atoms with E-state index in [1.54, 1.807) is 6.07 Å². The minimum Gasteiger partial charge on any atom is -0.396 e. The molecule has 12 heavy (non-hydrogen) atoms.